The summed E-state index contributed by atoms with van der Waals surface area (Å²) in [6.45, 7) is 1.67. The van der Waals surface area contributed by atoms with Crippen LogP contribution >= 0.6 is 11.8 Å². The highest BCUT2D eigenvalue weighted by Gasteiger charge is 2.24. The van der Waals surface area contributed by atoms with Crippen LogP contribution in [0.5, 0.6) is 0 Å². The summed E-state index contributed by atoms with van der Waals surface area (Å²) in [6.07, 6.45) is 5.56. The number of benzene rings is 1. The molecule has 3 nitrogen and oxygen atoms in total. The zero-order valence-corrected chi connectivity index (χ0v) is 11.5. The maximum absolute atomic E-state index is 9.40. The van der Waals surface area contributed by atoms with E-state index in [0.717, 1.165) is 29.1 Å². The molecule has 96 valence electrons. The van der Waals surface area contributed by atoms with Gasteiger partial charge in [0.2, 0.25) is 0 Å². The Morgan fingerprint density at radius 3 is 3.00 bits per heavy atom. The summed E-state index contributed by atoms with van der Waals surface area (Å²) in [5, 5.41) is 9.40. The number of hydrogen-bond acceptors (Lipinski definition) is 4. The Balaban J connectivity index is 2.40. The summed E-state index contributed by atoms with van der Waals surface area (Å²) in [5.74, 6) is 0. The molecule has 0 amide bonds. The van der Waals surface area contributed by atoms with E-state index in [-0.39, 0.29) is 0 Å². The molecule has 1 aliphatic rings. The molecule has 1 saturated heterocycles. The lowest BCUT2D eigenvalue weighted by molar-refractivity contribution is 0.465. The second kappa shape index (κ2) is 6.12. The topological polar surface area (TPSA) is 53.0 Å². The molecule has 0 saturated carbocycles. The fraction of sp³-hybridized carbons (Fsp3) is 0.500. The van der Waals surface area contributed by atoms with E-state index in [4.69, 9.17) is 5.73 Å². The Labute approximate surface area is 113 Å². The molecule has 1 atom stereocenters. The van der Waals surface area contributed by atoms with Gasteiger partial charge in [-0.15, -0.1) is 11.8 Å². The SMILES string of the molecule is CSc1cccc(N2CCCCC2CN)c1C#N. The predicted octanol–water partition coefficient (Wildman–Crippen LogP) is 2.60. The molecular weight excluding hydrogens is 242 g/mol. The van der Waals surface area contributed by atoms with Crippen LogP contribution in [0.3, 0.4) is 0 Å². The first kappa shape index (κ1) is 13.3. The number of nitriles is 1. The van der Waals surface area contributed by atoms with E-state index in [9.17, 15) is 5.26 Å². The number of anilines is 1. The van der Waals surface area contributed by atoms with E-state index in [1.165, 1.54) is 12.8 Å². The van der Waals surface area contributed by atoms with Gasteiger partial charge in [0.05, 0.1) is 11.3 Å². The zero-order valence-electron chi connectivity index (χ0n) is 10.7. The van der Waals surface area contributed by atoms with Crippen LogP contribution in [-0.4, -0.2) is 25.4 Å². The van der Waals surface area contributed by atoms with Gasteiger partial charge >= 0.3 is 0 Å². The van der Waals surface area contributed by atoms with Gasteiger partial charge in [-0.1, -0.05) is 6.07 Å². The van der Waals surface area contributed by atoms with Gasteiger partial charge in [0.25, 0.3) is 0 Å². The van der Waals surface area contributed by atoms with Crippen LogP contribution < -0.4 is 10.6 Å². The lowest BCUT2D eigenvalue weighted by Gasteiger charge is -2.37. The van der Waals surface area contributed by atoms with Crippen molar-refractivity contribution in [1.29, 1.82) is 5.26 Å². The van der Waals surface area contributed by atoms with Gasteiger partial charge < -0.3 is 10.6 Å². The zero-order chi connectivity index (χ0) is 13.0. The summed E-state index contributed by atoms with van der Waals surface area (Å²) < 4.78 is 0. The average molecular weight is 261 g/mol. The Hall–Kier alpha value is -1.18. The van der Waals surface area contributed by atoms with Crippen LogP contribution in [-0.2, 0) is 0 Å². The normalized spacial score (nSPS) is 19.6. The smallest absolute Gasteiger partial charge is 0.103 e. The summed E-state index contributed by atoms with van der Waals surface area (Å²) >= 11 is 1.63. The second-order valence-corrected chi connectivity index (χ2v) is 5.39. The molecule has 0 bridgehead atoms. The van der Waals surface area contributed by atoms with Crippen LogP contribution in [0.1, 0.15) is 24.8 Å². The van der Waals surface area contributed by atoms with Crippen LogP contribution in [0.25, 0.3) is 0 Å². The number of rotatable bonds is 3. The number of thioether (sulfide) groups is 1. The van der Waals surface area contributed by atoms with Crippen molar-refractivity contribution in [3.05, 3.63) is 23.8 Å². The molecule has 1 heterocycles. The number of nitrogens with zero attached hydrogens (tertiary/aromatic N) is 2. The van der Waals surface area contributed by atoms with Gasteiger partial charge in [-0.05, 0) is 37.7 Å². The highest BCUT2D eigenvalue weighted by atomic mass is 32.2. The molecule has 2 N–H and O–H groups in total. The molecule has 1 unspecified atom stereocenters. The molecule has 18 heavy (non-hydrogen) atoms. The van der Waals surface area contributed by atoms with E-state index >= 15 is 0 Å². The minimum absolute atomic E-state index is 0.378. The van der Waals surface area contributed by atoms with Crippen LogP contribution in [0, 0.1) is 11.3 Å². The van der Waals surface area contributed by atoms with Crippen molar-refractivity contribution in [2.45, 2.75) is 30.2 Å². The number of piperidine rings is 1. The molecular formula is C14H19N3S. The monoisotopic (exact) mass is 261 g/mol. The van der Waals surface area contributed by atoms with Crippen molar-refractivity contribution in [2.75, 3.05) is 24.2 Å². The van der Waals surface area contributed by atoms with E-state index in [0.29, 0.717) is 12.6 Å². The highest BCUT2D eigenvalue weighted by Crippen LogP contribution is 2.32. The number of nitrogens with two attached hydrogens (primary N) is 1. The molecule has 0 radical (unpaired) electrons. The molecule has 2 rings (SSSR count). The minimum Gasteiger partial charge on any atom is -0.366 e. The van der Waals surface area contributed by atoms with Gasteiger partial charge in [-0.2, -0.15) is 5.26 Å². The maximum Gasteiger partial charge on any atom is 0.103 e. The molecule has 1 aromatic carbocycles. The van der Waals surface area contributed by atoms with E-state index in [1.807, 2.05) is 24.5 Å². The fourth-order valence-corrected chi connectivity index (χ4v) is 3.17. The standard InChI is InChI=1S/C14H19N3S/c1-18-14-7-4-6-13(12(14)10-16)17-8-3-2-5-11(17)9-15/h4,6-7,11H,2-3,5,8-9,15H2,1H3. The van der Waals surface area contributed by atoms with Gasteiger partial charge in [0.1, 0.15) is 6.07 Å². The van der Waals surface area contributed by atoms with Crippen molar-refractivity contribution in [1.82, 2.24) is 0 Å². The Morgan fingerprint density at radius 1 is 1.50 bits per heavy atom. The van der Waals surface area contributed by atoms with Gasteiger partial charge in [-0.3, -0.25) is 0 Å². The molecule has 1 aromatic rings. The molecule has 0 aromatic heterocycles. The Bertz CT molecular complexity index is 453. The molecule has 1 aliphatic heterocycles. The first-order valence-corrected chi connectivity index (χ1v) is 7.58. The first-order chi connectivity index (χ1) is 8.81. The average Bonchev–Trinajstić information content (AvgIpc) is 2.46. The molecule has 1 fully saturated rings. The molecule has 0 aliphatic carbocycles. The minimum atomic E-state index is 0.378. The van der Waals surface area contributed by atoms with Gasteiger partial charge in [-0.25, -0.2) is 0 Å². The molecule has 4 heteroatoms. The fourth-order valence-electron chi connectivity index (χ4n) is 2.60. The summed E-state index contributed by atoms with van der Waals surface area (Å²) in [7, 11) is 0. The second-order valence-electron chi connectivity index (χ2n) is 4.54. The summed E-state index contributed by atoms with van der Waals surface area (Å²) in [5.41, 5.74) is 7.72. The highest BCUT2D eigenvalue weighted by molar-refractivity contribution is 7.98. The van der Waals surface area contributed by atoms with Gasteiger partial charge in [0.15, 0.2) is 0 Å². The van der Waals surface area contributed by atoms with Crippen molar-refractivity contribution in [3.63, 3.8) is 0 Å². The Morgan fingerprint density at radius 2 is 2.33 bits per heavy atom. The number of hydrogen-bond donors (Lipinski definition) is 1. The quantitative estimate of drug-likeness (QED) is 0.850. The van der Waals surface area contributed by atoms with Crippen molar-refractivity contribution >= 4 is 17.4 Å². The van der Waals surface area contributed by atoms with E-state index in [1.54, 1.807) is 11.8 Å². The summed E-state index contributed by atoms with van der Waals surface area (Å²) in [4.78, 5) is 3.37. The molecule has 0 spiro atoms. The first-order valence-electron chi connectivity index (χ1n) is 6.35. The van der Waals surface area contributed by atoms with Crippen LogP contribution in [0.2, 0.25) is 0 Å². The third-order valence-electron chi connectivity index (χ3n) is 3.54. The van der Waals surface area contributed by atoms with Gasteiger partial charge in [0, 0.05) is 24.0 Å². The maximum atomic E-state index is 9.40. The van der Waals surface area contributed by atoms with Crippen molar-refractivity contribution < 1.29 is 0 Å². The predicted molar refractivity (Wildman–Crippen MR) is 77.0 cm³/mol. The lowest BCUT2D eigenvalue weighted by Crippen LogP contribution is -2.44. The third-order valence-corrected chi connectivity index (χ3v) is 4.32. The van der Waals surface area contributed by atoms with E-state index < -0.39 is 0 Å². The van der Waals surface area contributed by atoms with Crippen molar-refractivity contribution in [2.24, 2.45) is 5.73 Å². The summed E-state index contributed by atoms with van der Waals surface area (Å²) in [6, 6.07) is 8.82. The van der Waals surface area contributed by atoms with E-state index in [2.05, 4.69) is 11.0 Å². The van der Waals surface area contributed by atoms with Crippen molar-refractivity contribution in [3.8, 4) is 6.07 Å². The van der Waals surface area contributed by atoms with Crippen LogP contribution in [0.15, 0.2) is 23.1 Å². The lowest BCUT2D eigenvalue weighted by atomic mass is 10.00. The third kappa shape index (κ3) is 2.47. The van der Waals surface area contributed by atoms with Crippen LogP contribution in [0.4, 0.5) is 5.69 Å². The largest absolute Gasteiger partial charge is 0.366 e. The Kier molecular flexibility index (Phi) is 4.51.